The normalized spacial score (nSPS) is 12.9. The number of carbonyl (C=O) groups is 3. The number of hydrogen-bond donors (Lipinski definition) is 1. The predicted octanol–water partition coefficient (Wildman–Crippen LogP) is 4.41. The van der Waals surface area contributed by atoms with Crippen molar-refractivity contribution in [3.63, 3.8) is 0 Å². The van der Waals surface area contributed by atoms with Crippen molar-refractivity contribution in [2.24, 2.45) is 0 Å². The Morgan fingerprint density at radius 3 is 1.66 bits per heavy atom. The molecule has 1 N–H and O–H groups in total. The Kier molecular flexibility index (Phi) is 8.68. The van der Waals surface area contributed by atoms with Crippen molar-refractivity contribution in [1.82, 2.24) is 4.90 Å². The van der Waals surface area contributed by atoms with Crippen molar-refractivity contribution in [2.45, 2.75) is 71.0 Å². The zero-order valence-electron chi connectivity index (χ0n) is 21.4. The molecule has 0 aliphatic rings. The van der Waals surface area contributed by atoms with Crippen LogP contribution < -0.4 is 0 Å². The van der Waals surface area contributed by atoms with Crippen molar-refractivity contribution in [2.75, 3.05) is 7.05 Å². The van der Waals surface area contributed by atoms with E-state index in [1.54, 1.807) is 84.0 Å². The molecule has 0 spiro atoms. The molecule has 1 atom stereocenters. The fraction of sp³-hybridized carbons (Fsp3) is 0.444. The first-order chi connectivity index (χ1) is 16.1. The molecule has 190 valence electrons. The third-order valence-electron chi connectivity index (χ3n) is 4.81. The summed E-state index contributed by atoms with van der Waals surface area (Å²) in [5.74, 6) is -2.48. The van der Waals surface area contributed by atoms with Gasteiger partial charge in [-0.2, -0.15) is 0 Å². The summed E-state index contributed by atoms with van der Waals surface area (Å²) < 4.78 is 16.3. The van der Waals surface area contributed by atoms with Gasteiger partial charge in [0.05, 0.1) is 0 Å². The topological polar surface area (TPSA) is 102 Å². The van der Waals surface area contributed by atoms with Crippen LogP contribution in [0.25, 0.3) is 0 Å². The number of benzene rings is 2. The van der Waals surface area contributed by atoms with Crippen LogP contribution in [0.15, 0.2) is 60.7 Å². The van der Waals surface area contributed by atoms with E-state index in [0.29, 0.717) is 5.56 Å². The molecular formula is C27H35NO7. The van der Waals surface area contributed by atoms with Crippen molar-refractivity contribution in [3.8, 4) is 0 Å². The average molecular weight is 486 g/mol. The maximum absolute atomic E-state index is 13.4. The van der Waals surface area contributed by atoms with Crippen LogP contribution >= 0.6 is 0 Å². The van der Waals surface area contributed by atoms with E-state index in [4.69, 9.17) is 14.2 Å². The Labute approximate surface area is 206 Å². The van der Waals surface area contributed by atoms with Gasteiger partial charge in [0.1, 0.15) is 23.9 Å². The van der Waals surface area contributed by atoms with Gasteiger partial charge in [-0.05, 0) is 52.7 Å². The van der Waals surface area contributed by atoms with Crippen LogP contribution in [-0.4, -0.2) is 51.9 Å². The van der Waals surface area contributed by atoms with Gasteiger partial charge in [-0.25, -0.2) is 14.4 Å². The second kappa shape index (κ2) is 10.9. The molecule has 1 amide bonds. The minimum Gasteiger partial charge on any atom is -0.457 e. The van der Waals surface area contributed by atoms with Crippen molar-refractivity contribution in [3.05, 3.63) is 71.8 Å². The second-order valence-corrected chi connectivity index (χ2v) is 10.2. The molecule has 2 rings (SSSR count). The number of likely N-dealkylation sites (N-methyl/N-ethyl adjacent to an activating group) is 1. The van der Waals surface area contributed by atoms with Crippen molar-refractivity contribution < 1.29 is 33.7 Å². The first-order valence-electron chi connectivity index (χ1n) is 11.3. The standard InChI is InChI=1S/C27H35NO7/c1-25(2,3)34-22(29)27(32,23(30)35-26(4,5)6)21(20-16-12-9-13-17-20)28(7)24(31)33-18-19-14-10-8-11-15-19/h8-17,21,32H,18H2,1-7H3/t21-/m0/s1. The molecule has 0 aliphatic heterocycles. The summed E-state index contributed by atoms with van der Waals surface area (Å²) in [6.45, 7) is 9.60. The van der Waals surface area contributed by atoms with E-state index >= 15 is 0 Å². The molecular weight excluding hydrogens is 450 g/mol. The second-order valence-electron chi connectivity index (χ2n) is 10.2. The summed E-state index contributed by atoms with van der Waals surface area (Å²) in [6.07, 6.45) is -0.853. The number of amides is 1. The maximum atomic E-state index is 13.4. The van der Waals surface area contributed by atoms with Gasteiger partial charge in [-0.3, -0.25) is 0 Å². The first kappa shape index (κ1) is 27.9. The first-order valence-corrected chi connectivity index (χ1v) is 11.3. The van der Waals surface area contributed by atoms with Gasteiger partial charge in [-0.15, -0.1) is 0 Å². The van der Waals surface area contributed by atoms with Crippen LogP contribution in [0.4, 0.5) is 4.79 Å². The molecule has 0 fully saturated rings. The van der Waals surface area contributed by atoms with Gasteiger partial charge in [0.2, 0.25) is 0 Å². The lowest BCUT2D eigenvalue weighted by Crippen LogP contribution is -2.60. The fourth-order valence-electron chi connectivity index (χ4n) is 3.33. The van der Waals surface area contributed by atoms with Gasteiger partial charge in [0.15, 0.2) is 0 Å². The summed E-state index contributed by atoms with van der Waals surface area (Å²) in [7, 11) is 1.34. The number of hydrogen-bond acceptors (Lipinski definition) is 7. The zero-order chi connectivity index (χ0) is 26.4. The number of aliphatic hydroxyl groups is 1. The highest BCUT2D eigenvalue weighted by atomic mass is 16.6. The SMILES string of the molecule is CN(C(=O)OCc1ccccc1)[C@@H](c1ccccc1)C(O)(C(=O)OC(C)(C)C)C(=O)OC(C)(C)C. The van der Waals surface area contributed by atoms with Gasteiger partial charge in [-0.1, -0.05) is 60.7 Å². The van der Waals surface area contributed by atoms with E-state index in [1.807, 2.05) is 18.2 Å². The van der Waals surface area contributed by atoms with E-state index in [1.165, 1.54) is 7.05 Å². The Morgan fingerprint density at radius 1 is 0.800 bits per heavy atom. The molecule has 2 aromatic rings. The summed E-state index contributed by atoms with van der Waals surface area (Å²) in [4.78, 5) is 40.8. The van der Waals surface area contributed by atoms with Gasteiger partial charge < -0.3 is 24.2 Å². The molecule has 2 aromatic carbocycles. The number of ether oxygens (including phenoxy) is 3. The van der Waals surface area contributed by atoms with Gasteiger partial charge >= 0.3 is 18.0 Å². The number of esters is 2. The monoisotopic (exact) mass is 485 g/mol. The van der Waals surface area contributed by atoms with Gasteiger partial charge in [0, 0.05) is 7.05 Å². The molecule has 0 heterocycles. The highest BCUT2D eigenvalue weighted by Crippen LogP contribution is 2.36. The largest absolute Gasteiger partial charge is 0.457 e. The molecule has 35 heavy (non-hydrogen) atoms. The van der Waals surface area contributed by atoms with E-state index < -0.39 is 40.9 Å². The van der Waals surface area contributed by atoms with E-state index in [9.17, 15) is 19.5 Å². The molecule has 8 nitrogen and oxygen atoms in total. The lowest BCUT2D eigenvalue weighted by Gasteiger charge is -2.39. The van der Waals surface area contributed by atoms with Crippen LogP contribution in [0, 0.1) is 0 Å². The highest BCUT2D eigenvalue weighted by Gasteiger charge is 2.58. The third kappa shape index (κ3) is 7.55. The number of carbonyl (C=O) groups excluding carboxylic acids is 3. The summed E-state index contributed by atoms with van der Waals surface area (Å²) >= 11 is 0. The Hall–Kier alpha value is -3.39. The minimum absolute atomic E-state index is 0.0389. The van der Waals surface area contributed by atoms with Crippen molar-refractivity contribution >= 4 is 18.0 Å². The van der Waals surface area contributed by atoms with Crippen LogP contribution in [0.3, 0.4) is 0 Å². The smallest absolute Gasteiger partial charge is 0.410 e. The number of nitrogens with zero attached hydrogens (tertiary/aromatic N) is 1. The van der Waals surface area contributed by atoms with Crippen molar-refractivity contribution in [1.29, 1.82) is 0 Å². The molecule has 0 unspecified atom stereocenters. The lowest BCUT2D eigenvalue weighted by molar-refractivity contribution is -0.203. The molecule has 0 aliphatic carbocycles. The Morgan fingerprint density at radius 2 is 1.23 bits per heavy atom. The summed E-state index contributed by atoms with van der Waals surface area (Å²) in [5, 5.41) is 11.8. The highest BCUT2D eigenvalue weighted by molar-refractivity contribution is 6.05. The third-order valence-corrected chi connectivity index (χ3v) is 4.81. The molecule has 0 aromatic heterocycles. The summed E-state index contributed by atoms with van der Waals surface area (Å²) in [5.41, 5.74) is -3.88. The van der Waals surface area contributed by atoms with Crippen LogP contribution in [0.1, 0.15) is 58.7 Å². The quantitative estimate of drug-likeness (QED) is 0.352. The predicted molar refractivity (Wildman–Crippen MR) is 130 cm³/mol. The molecule has 0 radical (unpaired) electrons. The number of rotatable bonds is 7. The van der Waals surface area contributed by atoms with Crippen LogP contribution in [0.2, 0.25) is 0 Å². The summed E-state index contributed by atoms with van der Waals surface area (Å²) in [6, 6.07) is 15.8. The molecule has 0 bridgehead atoms. The Balaban J connectivity index is 2.54. The molecule has 0 saturated heterocycles. The molecule has 8 heteroatoms. The van der Waals surface area contributed by atoms with Crippen LogP contribution in [0.5, 0.6) is 0 Å². The van der Waals surface area contributed by atoms with E-state index in [0.717, 1.165) is 10.5 Å². The zero-order valence-corrected chi connectivity index (χ0v) is 21.4. The Bertz CT molecular complexity index is 979. The maximum Gasteiger partial charge on any atom is 0.410 e. The van der Waals surface area contributed by atoms with E-state index in [2.05, 4.69) is 0 Å². The average Bonchev–Trinajstić information content (AvgIpc) is 2.76. The fourth-order valence-corrected chi connectivity index (χ4v) is 3.33. The lowest BCUT2D eigenvalue weighted by atomic mass is 9.86. The molecule has 0 saturated carbocycles. The van der Waals surface area contributed by atoms with Crippen LogP contribution in [-0.2, 0) is 30.4 Å². The van der Waals surface area contributed by atoms with E-state index in [-0.39, 0.29) is 6.61 Å². The minimum atomic E-state index is -2.89. The van der Waals surface area contributed by atoms with Gasteiger partial charge in [0.25, 0.3) is 5.60 Å².